The van der Waals surface area contributed by atoms with E-state index in [1.807, 2.05) is 38.1 Å². The van der Waals surface area contributed by atoms with Gasteiger partial charge < -0.3 is 5.11 Å². The van der Waals surface area contributed by atoms with Crippen molar-refractivity contribution in [1.29, 1.82) is 0 Å². The molecule has 78 valence electrons. The van der Waals surface area contributed by atoms with E-state index in [0.717, 1.165) is 23.4 Å². The molecule has 1 aromatic heterocycles. The Labute approximate surface area is 89.0 Å². The lowest BCUT2D eigenvalue weighted by Gasteiger charge is -2.05. The van der Waals surface area contributed by atoms with Crippen LogP contribution >= 0.6 is 0 Å². The molecule has 0 aliphatic rings. The van der Waals surface area contributed by atoms with Crippen LogP contribution in [0.1, 0.15) is 18.2 Å². The van der Waals surface area contributed by atoms with Gasteiger partial charge in [-0.15, -0.1) is 0 Å². The molecule has 1 N–H and O–H groups in total. The summed E-state index contributed by atoms with van der Waals surface area (Å²) in [7, 11) is 0. The van der Waals surface area contributed by atoms with Crippen LogP contribution in [0.2, 0.25) is 0 Å². The fraction of sp³-hybridized carbons (Fsp3) is 0.250. The molecule has 1 aromatic carbocycles. The van der Waals surface area contributed by atoms with Crippen molar-refractivity contribution in [2.45, 2.75) is 20.3 Å². The molecule has 15 heavy (non-hydrogen) atoms. The van der Waals surface area contributed by atoms with Gasteiger partial charge in [-0.2, -0.15) is 5.10 Å². The van der Waals surface area contributed by atoms with Gasteiger partial charge in [-0.25, -0.2) is 4.68 Å². The Morgan fingerprint density at radius 3 is 2.67 bits per heavy atom. The Morgan fingerprint density at radius 2 is 2.07 bits per heavy atom. The highest BCUT2D eigenvalue weighted by Gasteiger charge is 2.08. The van der Waals surface area contributed by atoms with Gasteiger partial charge in [0.1, 0.15) is 0 Å². The zero-order valence-electron chi connectivity index (χ0n) is 8.94. The largest absolute Gasteiger partial charge is 0.493 e. The third-order valence-electron chi connectivity index (χ3n) is 2.45. The molecule has 3 heteroatoms. The van der Waals surface area contributed by atoms with Crippen LogP contribution in [-0.4, -0.2) is 14.9 Å². The fourth-order valence-electron chi connectivity index (χ4n) is 1.57. The summed E-state index contributed by atoms with van der Waals surface area (Å²) in [4.78, 5) is 0. The van der Waals surface area contributed by atoms with Crippen molar-refractivity contribution >= 4 is 0 Å². The summed E-state index contributed by atoms with van der Waals surface area (Å²) in [6, 6.07) is 9.56. The standard InChI is InChI=1S/C12H14N2O/c1-3-10-8-12(15)14(13-10)11-7-5-4-6-9(11)2/h4-8,15H,3H2,1-2H3. The number of nitrogens with zero attached hydrogens (tertiary/aromatic N) is 2. The van der Waals surface area contributed by atoms with Gasteiger partial charge in [-0.3, -0.25) is 0 Å². The smallest absolute Gasteiger partial charge is 0.214 e. The number of para-hydroxylation sites is 1. The van der Waals surface area contributed by atoms with E-state index in [9.17, 15) is 5.11 Å². The first-order chi connectivity index (χ1) is 7.22. The maximum atomic E-state index is 9.74. The van der Waals surface area contributed by atoms with Gasteiger partial charge in [0, 0.05) is 6.07 Å². The second-order valence-electron chi connectivity index (χ2n) is 3.55. The lowest BCUT2D eigenvalue weighted by Crippen LogP contribution is -1.98. The van der Waals surface area contributed by atoms with Crippen LogP contribution in [0.5, 0.6) is 5.88 Å². The predicted molar refractivity (Wildman–Crippen MR) is 59.3 cm³/mol. The third-order valence-corrected chi connectivity index (χ3v) is 2.45. The third kappa shape index (κ3) is 1.73. The van der Waals surface area contributed by atoms with Crippen molar-refractivity contribution in [3.8, 4) is 11.6 Å². The molecule has 2 aromatic rings. The molecule has 1 heterocycles. The van der Waals surface area contributed by atoms with E-state index < -0.39 is 0 Å². The molecule has 0 unspecified atom stereocenters. The normalized spacial score (nSPS) is 10.5. The quantitative estimate of drug-likeness (QED) is 0.812. The Morgan fingerprint density at radius 1 is 1.33 bits per heavy atom. The summed E-state index contributed by atoms with van der Waals surface area (Å²) in [5, 5.41) is 14.1. The summed E-state index contributed by atoms with van der Waals surface area (Å²) in [5.41, 5.74) is 2.92. The van der Waals surface area contributed by atoms with Crippen LogP contribution in [0, 0.1) is 6.92 Å². The molecule has 0 saturated heterocycles. The lowest BCUT2D eigenvalue weighted by atomic mass is 10.2. The molecule has 0 aliphatic carbocycles. The van der Waals surface area contributed by atoms with Crippen molar-refractivity contribution in [1.82, 2.24) is 9.78 Å². The van der Waals surface area contributed by atoms with Crippen LogP contribution in [0.3, 0.4) is 0 Å². The van der Waals surface area contributed by atoms with E-state index in [1.54, 1.807) is 10.7 Å². The van der Waals surface area contributed by atoms with E-state index in [4.69, 9.17) is 0 Å². The SMILES string of the molecule is CCc1cc(O)n(-c2ccccc2C)n1. The van der Waals surface area contributed by atoms with Gasteiger partial charge >= 0.3 is 0 Å². The molecule has 2 rings (SSSR count). The highest BCUT2D eigenvalue weighted by Crippen LogP contribution is 2.20. The maximum absolute atomic E-state index is 9.74. The Hall–Kier alpha value is -1.77. The van der Waals surface area contributed by atoms with E-state index in [-0.39, 0.29) is 5.88 Å². The summed E-state index contributed by atoms with van der Waals surface area (Å²) < 4.78 is 1.58. The maximum Gasteiger partial charge on any atom is 0.214 e. The zero-order valence-corrected chi connectivity index (χ0v) is 8.94. The zero-order chi connectivity index (χ0) is 10.8. The minimum absolute atomic E-state index is 0.196. The van der Waals surface area contributed by atoms with E-state index in [2.05, 4.69) is 5.10 Å². The van der Waals surface area contributed by atoms with Crippen LogP contribution in [0.25, 0.3) is 5.69 Å². The molecule has 0 bridgehead atoms. The first-order valence-electron chi connectivity index (χ1n) is 5.06. The van der Waals surface area contributed by atoms with Gasteiger partial charge in [0.05, 0.1) is 11.4 Å². The number of aryl methyl sites for hydroxylation is 2. The molecule has 0 aliphatic heterocycles. The van der Waals surface area contributed by atoms with Gasteiger partial charge in [-0.05, 0) is 25.0 Å². The van der Waals surface area contributed by atoms with E-state index >= 15 is 0 Å². The first-order valence-corrected chi connectivity index (χ1v) is 5.06. The van der Waals surface area contributed by atoms with Crippen molar-refractivity contribution in [3.63, 3.8) is 0 Å². The number of hydrogen-bond donors (Lipinski definition) is 1. The minimum Gasteiger partial charge on any atom is -0.493 e. The van der Waals surface area contributed by atoms with Gasteiger partial charge in [0.2, 0.25) is 5.88 Å². The predicted octanol–water partition coefficient (Wildman–Crippen LogP) is 2.45. The van der Waals surface area contributed by atoms with Crippen molar-refractivity contribution < 1.29 is 5.11 Å². The highest BCUT2D eigenvalue weighted by molar-refractivity contribution is 5.42. The molecule has 0 saturated carbocycles. The Kier molecular flexibility index (Phi) is 2.46. The molecule has 0 spiro atoms. The molecule has 0 radical (unpaired) electrons. The van der Waals surface area contributed by atoms with Gasteiger partial charge in [0.25, 0.3) is 0 Å². The van der Waals surface area contributed by atoms with Crippen molar-refractivity contribution in [3.05, 3.63) is 41.6 Å². The van der Waals surface area contributed by atoms with Gasteiger partial charge in [-0.1, -0.05) is 25.1 Å². The minimum atomic E-state index is 0.196. The Bertz CT molecular complexity index is 474. The van der Waals surface area contributed by atoms with Crippen LogP contribution < -0.4 is 0 Å². The molecule has 0 amide bonds. The van der Waals surface area contributed by atoms with Gasteiger partial charge in [0.15, 0.2) is 0 Å². The summed E-state index contributed by atoms with van der Waals surface area (Å²) in [5.74, 6) is 0.196. The van der Waals surface area contributed by atoms with E-state index in [1.165, 1.54) is 0 Å². The molecular formula is C12H14N2O. The molecule has 3 nitrogen and oxygen atoms in total. The average molecular weight is 202 g/mol. The number of hydrogen-bond acceptors (Lipinski definition) is 2. The summed E-state index contributed by atoms with van der Waals surface area (Å²) in [6.45, 7) is 4.02. The number of rotatable bonds is 2. The molecule has 0 fully saturated rings. The first kappa shape index (κ1) is 9.77. The highest BCUT2D eigenvalue weighted by atomic mass is 16.3. The number of aromatic hydroxyl groups is 1. The van der Waals surface area contributed by atoms with Crippen LogP contribution in [0.15, 0.2) is 30.3 Å². The second-order valence-corrected chi connectivity index (χ2v) is 3.55. The van der Waals surface area contributed by atoms with Crippen molar-refractivity contribution in [2.75, 3.05) is 0 Å². The monoisotopic (exact) mass is 202 g/mol. The lowest BCUT2D eigenvalue weighted by molar-refractivity contribution is 0.433. The van der Waals surface area contributed by atoms with Crippen LogP contribution in [0.4, 0.5) is 0 Å². The Balaban J connectivity index is 2.54. The summed E-state index contributed by atoms with van der Waals surface area (Å²) in [6.07, 6.45) is 0.826. The summed E-state index contributed by atoms with van der Waals surface area (Å²) >= 11 is 0. The van der Waals surface area contributed by atoms with Crippen LogP contribution in [-0.2, 0) is 6.42 Å². The second kappa shape index (κ2) is 3.77. The average Bonchev–Trinajstić information content (AvgIpc) is 2.60. The number of benzene rings is 1. The fourth-order valence-corrected chi connectivity index (χ4v) is 1.57. The topological polar surface area (TPSA) is 38.0 Å². The number of aromatic nitrogens is 2. The van der Waals surface area contributed by atoms with Crippen molar-refractivity contribution in [2.24, 2.45) is 0 Å². The molecule has 0 atom stereocenters. The van der Waals surface area contributed by atoms with E-state index in [0.29, 0.717) is 0 Å². The molecular weight excluding hydrogens is 188 g/mol.